The van der Waals surface area contributed by atoms with E-state index in [4.69, 9.17) is 9.26 Å². The van der Waals surface area contributed by atoms with Crippen LogP contribution in [0.5, 0.6) is 0 Å². The van der Waals surface area contributed by atoms with Gasteiger partial charge in [-0.25, -0.2) is 9.37 Å². The highest BCUT2D eigenvalue weighted by Gasteiger charge is 2.37. The number of oxime groups is 1. The van der Waals surface area contributed by atoms with Gasteiger partial charge in [-0.05, 0) is 36.2 Å². The molecule has 0 bridgehead atoms. The predicted molar refractivity (Wildman–Crippen MR) is 128 cm³/mol. The molecule has 0 spiro atoms. The molecular weight excluding hydrogens is 409 g/mol. The summed E-state index contributed by atoms with van der Waals surface area (Å²) in [5, 5.41) is 4.07. The number of anilines is 1. The lowest BCUT2D eigenvalue weighted by Gasteiger charge is -2.36. The van der Waals surface area contributed by atoms with Gasteiger partial charge in [-0.1, -0.05) is 51.0 Å². The van der Waals surface area contributed by atoms with E-state index in [2.05, 4.69) is 55.8 Å². The first-order chi connectivity index (χ1) is 14.6. The Morgan fingerprint density at radius 3 is 2.52 bits per heavy atom. The first-order valence-electron chi connectivity index (χ1n) is 10.8. The molecule has 31 heavy (non-hydrogen) atoms. The first kappa shape index (κ1) is 23.4. The van der Waals surface area contributed by atoms with Crippen LogP contribution in [-0.4, -0.2) is 39.2 Å². The van der Waals surface area contributed by atoms with Crippen LogP contribution in [0.1, 0.15) is 38.8 Å². The van der Waals surface area contributed by atoms with Crippen molar-refractivity contribution in [1.29, 1.82) is 0 Å². The van der Waals surface area contributed by atoms with Crippen molar-refractivity contribution < 1.29 is 13.7 Å². The first-order valence-corrected chi connectivity index (χ1v) is 13.7. The van der Waals surface area contributed by atoms with Gasteiger partial charge < -0.3 is 14.2 Å². The maximum atomic E-state index is 15.4. The molecular formula is C24H34FN3O2Si. The summed E-state index contributed by atoms with van der Waals surface area (Å²) < 4.78 is 21.7. The second kappa shape index (κ2) is 9.08. The normalized spacial score (nSPS) is 14.5. The van der Waals surface area contributed by atoms with Crippen molar-refractivity contribution in [2.75, 3.05) is 25.1 Å². The SMILES string of the molecule is CCc1cc(-c2cccc(CO[Si](C)(C)C(C)(C)C)c2F)cnc1N1CC(=NOC)C1. The van der Waals surface area contributed by atoms with E-state index in [0.29, 0.717) is 24.2 Å². The lowest BCUT2D eigenvalue weighted by atomic mass is 10.0. The number of hydrogen-bond donors (Lipinski definition) is 0. The maximum Gasteiger partial charge on any atom is 0.192 e. The van der Waals surface area contributed by atoms with E-state index in [1.54, 1.807) is 13.3 Å². The average Bonchev–Trinajstić information content (AvgIpc) is 2.68. The van der Waals surface area contributed by atoms with Crippen LogP contribution in [-0.2, 0) is 22.3 Å². The molecule has 1 fully saturated rings. The second-order valence-electron chi connectivity index (χ2n) is 9.58. The largest absolute Gasteiger partial charge is 0.412 e. The van der Waals surface area contributed by atoms with Crippen LogP contribution >= 0.6 is 0 Å². The van der Waals surface area contributed by atoms with Gasteiger partial charge in [0.25, 0.3) is 0 Å². The minimum Gasteiger partial charge on any atom is -0.412 e. The molecule has 2 heterocycles. The molecule has 0 atom stereocenters. The van der Waals surface area contributed by atoms with Gasteiger partial charge in [-0.2, -0.15) is 0 Å². The van der Waals surface area contributed by atoms with Gasteiger partial charge in [0.15, 0.2) is 8.32 Å². The Labute approximate surface area is 186 Å². The molecule has 0 N–H and O–H groups in total. The Bertz CT molecular complexity index is 962. The highest BCUT2D eigenvalue weighted by atomic mass is 28.4. The average molecular weight is 444 g/mol. The molecule has 0 aliphatic carbocycles. The smallest absolute Gasteiger partial charge is 0.192 e. The summed E-state index contributed by atoms with van der Waals surface area (Å²) in [6.07, 6.45) is 2.58. The van der Waals surface area contributed by atoms with E-state index in [9.17, 15) is 0 Å². The summed E-state index contributed by atoms with van der Waals surface area (Å²) in [5.74, 6) is 0.704. The van der Waals surface area contributed by atoms with Gasteiger partial charge in [0.05, 0.1) is 25.4 Å². The third-order valence-electron chi connectivity index (χ3n) is 6.37. The molecule has 168 valence electrons. The monoisotopic (exact) mass is 443 g/mol. The van der Waals surface area contributed by atoms with E-state index in [-0.39, 0.29) is 17.5 Å². The number of halogens is 1. The molecule has 5 nitrogen and oxygen atoms in total. The molecule has 1 saturated heterocycles. The number of aromatic nitrogens is 1. The highest BCUT2D eigenvalue weighted by molar-refractivity contribution is 6.74. The Morgan fingerprint density at radius 2 is 1.90 bits per heavy atom. The van der Waals surface area contributed by atoms with Gasteiger partial charge in [0, 0.05) is 22.9 Å². The maximum absolute atomic E-state index is 15.4. The summed E-state index contributed by atoms with van der Waals surface area (Å²) in [5.41, 5.74) is 4.04. The molecule has 0 radical (unpaired) electrons. The third kappa shape index (κ3) is 4.98. The van der Waals surface area contributed by atoms with Crippen molar-refractivity contribution in [2.24, 2.45) is 5.16 Å². The van der Waals surface area contributed by atoms with E-state index in [1.807, 2.05) is 24.3 Å². The van der Waals surface area contributed by atoms with Crippen molar-refractivity contribution in [1.82, 2.24) is 4.98 Å². The molecule has 3 rings (SSSR count). The van der Waals surface area contributed by atoms with E-state index < -0.39 is 8.32 Å². The minimum absolute atomic E-state index is 0.0849. The fourth-order valence-corrected chi connectivity index (χ4v) is 4.26. The molecule has 0 saturated carbocycles. The van der Waals surface area contributed by atoms with E-state index in [1.165, 1.54) is 0 Å². The van der Waals surface area contributed by atoms with E-state index >= 15 is 4.39 Å². The van der Waals surface area contributed by atoms with E-state index in [0.717, 1.165) is 29.1 Å². The fourth-order valence-electron chi connectivity index (χ4n) is 3.32. The quantitative estimate of drug-likeness (QED) is 0.401. The Hall–Kier alpha value is -2.25. The number of nitrogens with zero attached hydrogens (tertiary/aromatic N) is 3. The second-order valence-corrected chi connectivity index (χ2v) is 14.4. The zero-order chi connectivity index (χ0) is 22.8. The molecule has 2 aromatic rings. The Balaban J connectivity index is 1.83. The van der Waals surface area contributed by atoms with Gasteiger partial charge in [0.2, 0.25) is 0 Å². The van der Waals surface area contributed by atoms with Crippen LogP contribution in [0.25, 0.3) is 11.1 Å². The lowest BCUT2D eigenvalue weighted by Crippen LogP contribution is -2.48. The number of hydrogen-bond acceptors (Lipinski definition) is 5. The minimum atomic E-state index is -1.95. The summed E-state index contributed by atoms with van der Waals surface area (Å²) in [6, 6.07) is 7.56. The summed E-state index contributed by atoms with van der Waals surface area (Å²) in [4.78, 5) is 11.7. The van der Waals surface area contributed by atoms with Gasteiger partial charge >= 0.3 is 0 Å². The molecule has 1 aromatic heterocycles. The number of rotatable bonds is 7. The van der Waals surface area contributed by atoms with Crippen LogP contribution in [0, 0.1) is 5.82 Å². The predicted octanol–water partition coefficient (Wildman–Crippen LogP) is 5.79. The molecule has 0 unspecified atom stereocenters. The van der Waals surface area contributed by atoms with Gasteiger partial charge in [0.1, 0.15) is 18.7 Å². The summed E-state index contributed by atoms with van der Waals surface area (Å²) in [6.45, 7) is 14.7. The molecule has 7 heteroatoms. The summed E-state index contributed by atoms with van der Waals surface area (Å²) in [7, 11) is -0.399. The topological polar surface area (TPSA) is 47.0 Å². The third-order valence-corrected chi connectivity index (χ3v) is 10.9. The Kier molecular flexibility index (Phi) is 6.86. The lowest BCUT2D eigenvalue weighted by molar-refractivity contribution is 0.211. The molecule has 0 amide bonds. The number of aryl methyl sites for hydroxylation is 1. The van der Waals surface area contributed by atoms with Crippen molar-refractivity contribution in [3.63, 3.8) is 0 Å². The van der Waals surface area contributed by atoms with Crippen molar-refractivity contribution in [2.45, 2.75) is 58.9 Å². The van der Waals surface area contributed by atoms with Crippen molar-refractivity contribution >= 4 is 19.8 Å². The van der Waals surface area contributed by atoms with Crippen LogP contribution in [0.15, 0.2) is 35.6 Å². The zero-order valence-electron chi connectivity index (χ0n) is 19.8. The van der Waals surface area contributed by atoms with Crippen LogP contribution in [0.4, 0.5) is 10.2 Å². The fraction of sp³-hybridized carbons (Fsp3) is 0.500. The Morgan fingerprint density at radius 1 is 1.19 bits per heavy atom. The highest BCUT2D eigenvalue weighted by Crippen LogP contribution is 2.37. The van der Waals surface area contributed by atoms with Crippen LogP contribution < -0.4 is 4.90 Å². The summed E-state index contributed by atoms with van der Waals surface area (Å²) >= 11 is 0. The van der Waals surface area contributed by atoms with Gasteiger partial charge in [-0.15, -0.1) is 0 Å². The van der Waals surface area contributed by atoms with Crippen molar-refractivity contribution in [3.8, 4) is 11.1 Å². The van der Waals surface area contributed by atoms with Crippen LogP contribution in [0.3, 0.4) is 0 Å². The van der Waals surface area contributed by atoms with Gasteiger partial charge in [-0.3, -0.25) is 0 Å². The standard InChI is InChI=1S/C24H34FN3O2Si/c1-8-17-12-19(13-26-23(17)28-14-20(15-28)27-29-5)21-11-9-10-18(22(21)25)16-30-31(6,7)24(2,3)4/h9-13H,8,14-16H2,1-7H3. The number of pyridine rings is 1. The van der Waals surface area contributed by atoms with Crippen LogP contribution in [0.2, 0.25) is 18.1 Å². The molecule has 1 aliphatic rings. The zero-order valence-corrected chi connectivity index (χ0v) is 20.8. The number of benzene rings is 1. The van der Waals surface area contributed by atoms with Crippen molar-refractivity contribution in [3.05, 3.63) is 47.4 Å². The molecule has 1 aromatic carbocycles. The molecule has 1 aliphatic heterocycles.